The van der Waals surface area contributed by atoms with Gasteiger partial charge in [-0.1, -0.05) is 6.07 Å². The lowest BCUT2D eigenvalue weighted by Gasteiger charge is -2.07. The number of furan rings is 1. The van der Waals surface area contributed by atoms with Gasteiger partial charge in [0.1, 0.15) is 0 Å². The number of carbonyl (C=O) groups is 1. The van der Waals surface area contributed by atoms with Gasteiger partial charge in [-0.05, 0) is 30.7 Å². The Bertz CT molecular complexity index is 577. The van der Waals surface area contributed by atoms with Crippen LogP contribution in [0.15, 0.2) is 39.8 Å². The Morgan fingerprint density at radius 2 is 2.22 bits per heavy atom. The third-order valence-corrected chi connectivity index (χ3v) is 3.86. The van der Waals surface area contributed by atoms with Gasteiger partial charge in [-0.3, -0.25) is 0 Å². The molecule has 1 heterocycles. The molecule has 1 aromatic carbocycles. The van der Waals surface area contributed by atoms with Crippen LogP contribution < -0.4 is 5.73 Å². The molecular formula is C13H13NO3S. The first-order chi connectivity index (χ1) is 8.59. The van der Waals surface area contributed by atoms with Crippen LogP contribution >= 0.6 is 11.8 Å². The fraction of sp³-hybridized carbons (Fsp3) is 0.154. The zero-order chi connectivity index (χ0) is 13.1. The molecule has 0 unspecified atom stereocenters. The maximum Gasteiger partial charge on any atom is 0.372 e. The van der Waals surface area contributed by atoms with Gasteiger partial charge in [0, 0.05) is 21.9 Å². The minimum atomic E-state index is -1.04. The van der Waals surface area contributed by atoms with Crippen molar-refractivity contribution in [1.29, 1.82) is 0 Å². The largest absolute Gasteiger partial charge is 0.475 e. The molecule has 0 fully saturated rings. The summed E-state index contributed by atoms with van der Waals surface area (Å²) >= 11 is 1.55. The van der Waals surface area contributed by atoms with Crippen LogP contribution in [0.1, 0.15) is 21.7 Å². The second kappa shape index (κ2) is 5.18. The van der Waals surface area contributed by atoms with Gasteiger partial charge in [0.05, 0.1) is 6.26 Å². The standard InChI is InChI=1S/C13H13NO3S/c1-8-10(14)3-2-4-11(8)18-7-9-5-6-17-12(9)13(15)16/h2-6H,7,14H2,1H3,(H,15,16). The number of carboxylic acids is 1. The van der Waals surface area contributed by atoms with Gasteiger partial charge >= 0.3 is 5.97 Å². The van der Waals surface area contributed by atoms with Crippen molar-refractivity contribution in [1.82, 2.24) is 0 Å². The van der Waals surface area contributed by atoms with E-state index < -0.39 is 5.97 Å². The number of aromatic carboxylic acids is 1. The first-order valence-electron chi connectivity index (χ1n) is 5.37. The van der Waals surface area contributed by atoms with E-state index in [1.165, 1.54) is 6.26 Å². The zero-order valence-corrected chi connectivity index (χ0v) is 10.7. The molecule has 18 heavy (non-hydrogen) atoms. The molecule has 0 spiro atoms. The van der Waals surface area contributed by atoms with Gasteiger partial charge < -0.3 is 15.3 Å². The van der Waals surface area contributed by atoms with Gasteiger partial charge in [-0.2, -0.15) is 0 Å². The molecule has 0 amide bonds. The summed E-state index contributed by atoms with van der Waals surface area (Å²) in [7, 11) is 0. The average molecular weight is 263 g/mol. The number of hydrogen-bond donors (Lipinski definition) is 2. The summed E-state index contributed by atoms with van der Waals surface area (Å²) in [5, 5.41) is 8.93. The first kappa shape index (κ1) is 12.6. The van der Waals surface area contributed by atoms with Crippen molar-refractivity contribution >= 4 is 23.4 Å². The lowest BCUT2D eigenvalue weighted by Crippen LogP contribution is -1.98. The van der Waals surface area contributed by atoms with Crippen molar-refractivity contribution in [2.24, 2.45) is 0 Å². The average Bonchev–Trinajstić information content (AvgIpc) is 2.79. The van der Waals surface area contributed by atoms with Gasteiger partial charge in [0.25, 0.3) is 0 Å². The molecule has 0 aliphatic heterocycles. The van der Waals surface area contributed by atoms with E-state index >= 15 is 0 Å². The second-order valence-electron chi connectivity index (χ2n) is 3.84. The van der Waals surface area contributed by atoms with E-state index in [0.29, 0.717) is 11.3 Å². The number of anilines is 1. The lowest BCUT2D eigenvalue weighted by molar-refractivity contribution is 0.0661. The normalized spacial score (nSPS) is 10.5. The van der Waals surface area contributed by atoms with Crippen LogP contribution in [0.2, 0.25) is 0 Å². The molecule has 1 aromatic heterocycles. The fourth-order valence-electron chi connectivity index (χ4n) is 1.58. The van der Waals surface area contributed by atoms with Crippen LogP contribution in [0.25, 0.3) is 0 Å². The van der Waals surface area contributed by atoms with Crippen molar-refractivity contribution in [3.05, 3.63) is 47.4 Å². The highest BCUT2D eigenvalue weighted by Crippen LogP contribution is 2.30. The van der Waals surface area contributed by atoms with Crippen LogP contribution in [0, 0.1) is 6.92 Å². The predicted molar refractivity (Wildman–Crippen MR) is 70.8 cm³/mol. The third kappa shape index (κ3) is 2.51. The van der Waals surface area contributed by atoms with E-state index in [-0.39, 0.29) is 5.76 Å². The summed E-state index contributed by atoms with van der Waals surface area (Å²) in [5.74, 6) is -0.494. The summed E-state index contributed by atoms with van der Waals surface area (Å²) < 4.78 is 4.93. The summed E-state index contributed by atoms with van der Waals surface area (Å²) in [6.07, 6.45) is 1.39. The van der Waals surface area contributed by atoms with Crippen LogP contribution in [0.4, 0.5) is 5.69 Å². The second-order valence-corrected chi connectivity index (χ2v) is 4.86. The van der Waals surface area contributed by atoms with Crippen LogP contribution in [0.3, 0.4) is 0 Å². The molecular weight excluding hydrogens is 250 g/mol. The van der Waals surface area contributed by atoms with E-state index in [0.717, 1.165) is 16.1 Å². The van der Waals surface area contributed by atoms with Gasteiger partial charge in [0.2, 0.25) is 5.76 Å². The minimum absolute atomic E-state index is 0.00376. The smallest absolute Gasteiger partial charge is 0.372 e. The lowest BCUT2D eigenvalue weighted by atomic mass is 10.2. The molecule has 94 valence electrons. The Kier molecular flexibility index (Phi) is 3.62. The van der Waals surface area contributed by atoms with E-state index in [2.05, 4.69) is 0 Å². The Hall–Kier alpha value is -1.88. The highest BCUT2D eigenvalue weighted by molar-refractivity contribution is 7.98. The van der Waals surface area contributed by atoms with E-state index in [9.17, 15) is 4.79 Å². The van der Waals surface area contributed by atoms with E-state index in [1.54, 1.807) is 17.8 Å². The summed E-state index contributed by atoms with van der Waals surface area (Å²) in [5.41, 5.74) is 8.25. The first-order valence-corrected chi connectivity index (χ1v) is 6.35. The zero-order valence-electron chi connectivity index (χ0n) is 9.84. The molecule has 0 aliphatic carbocycles. The van der Waals surface area contributed by atoms with Crippen molar-refractivity contribution < 1.29 is 14.3 Å². The summed E-state index contributed by atoms with van der Waals surface area (Å²) in [6.45, 7) is 1.95. The molecule has 0 bridgehead atoms. The Labute approximate surface area is 109 Å². The van der Waals surface area contributed by atoms with Crippen molar-refractivity contribution in [2.45, 2.75) is 17.6 Å². The maximum absolute atomic E-state index is 10.9. The molecule has 2 rings (SSSR count). The number of nitrogen functional groups attached to an aromatic ring is 1. The van der Waals surface area contributed by atoms with Crippen molar-refractivity contribution in [3.8, 4) is 0 Å². The van der Waals surface area contributed by atoms with Crippen LogP contribution in [-0.4, -0.2) is 11.1 Å². The number of hydrogen-bond acceptors (Lipinski definition) is 4. The maximum atomic E-state index is 10.9. The molecule has 0 saturated carbocycles. The number of benzene rings is 1. The quantitative estimate of drug-likeness (QED) is 0.654. The van der Waals surface area contributed by atoms with Gasteiger partial charge in [-0.25, -0.2) is 4.79 Å². The molecule has 0 aliphatic rings. The molecule has 5 heteroatoms. The van der Waals surface area contributed by atoms with E-state index in [4.69, 9.17) is 15.3 Å². The highest BCUT2D eigenvalue weighted by Gasteiger charge is 2.14. The molecule has 0 atom stereocenters. The summed E-state index contributed by atoms with van der Waals surface area (Å²) in [4.78, 5) is 11.9. The molecule has 3 N–H and O–H groups in total. The topological polar surface area (TPSA) is 76.5 Å². The third-order valence-electron chi connectivity index (χ3n) is 2.65. The summed E-state index contributed by atoms with van der Waals surface area (Å²) in [6, 6.07) is 7.38. The van der Waals surface area contributed by atoms with Crippen LogP contribution in [-0.2, 0) is 5.75 Å². The van der Waals surface area contributed by atoms with Crippen molar-refractivity contribution in [2.75, 3.05) is 5.73 Å². The monoisotopic (exact) mass is 263 g/mol. The minimum Gasteiger partial charge on any atom is -0.475 e. The Balaban J connectivity index is 2.14. The number of thioether (sulfide) groups is 1. The molecule has 0 saturated heterocycles. The van der Waals surface area contributed by atoms with E-state index in [1.807, 2.05) is 25.1 Å². The van der Waals surface area contributed by atoms with Crippen molar-refractivity contribution in [3.63, 3.8) is 0 Å². The number of rotatable bonds is 4. The highest BCUT2D eigenvalue weighted by atomic mass is 32.2. The Morgan fingerprint density at radius 3 is 2.94 bits per heavy atom. The van der Waals surface area contributed by atoms with Crippen LogP contribution in [0.5, 0.6) is 0 Å². The molecule has 4 nitrogen and oxygen atoms in total. The molecule has 0 radical (unpaired) electrons. The predicted octanol–water partition coefficient (Wildman–Crippen LogP) is 3.16. The molecule has 2 aromatic rings. The Morgan fingerprint density at radius 1 is 1.44 bits per heavy atom. The number of carboxylic acid groups (broad SMARTS) is 1. The SMILES string of the molecule is Cc1c(N)cccc1SCc1ccoc1C(=O)O. The van der Waals surface area contributed by atoms with Gasteiger partial charge in [-0.15, -0.1) is 11.8 Å². The van der Waals surface area contributed by atoms with Gasteiger partial charge in [0.15, 0.2) is 0 Å². The fourth-order valence-corrected chi connectivity index (χ4v) is 2.63. The number of nitrogens with two attached hydrogens (primary N) is 1.